The summed E-state index contributed by atoms with van der Waals surface area (Å²) in [5.74, 6) is 0. The van der Waals surface area contributed by atoms with E-state index in [1.807, 2.05) is 36.5 Å². The lowest BCUT2D eigenvalue weighted by Gasteiger charge is -2.09. The van der Waals surface area contributed by atoms with Crippen LogP contribution in [0.2, 0.25) is 5.02 Å². The first-order valence-corrected chi connectivity index (χ1v) is 8.42. The van der Waals surface area contributed by atoms with Crippen molar-refractivity contribution in [3.63, 3.8) is 0 Å². The molecule has 2 aromatic heterocycles. The van der Waals surface area contributed by atoms with E-state index in [1.165, 1.54) is 0 Å². The van der Waals surface area contributed by atoms with Crippen LogP contribution in [0.5, 0.6) is 0 Å². The summed E-state index contributed by atoms with van der Waals surface area (Å²) in [6.45, 7) is 0. The average Bonchev–Trinajstić information content (AvgIpc) is 3.10. The van der Waals surface area contributed by atoms with Crippen LogP contribution in [0.4, 0.5) is 16.2 Å². The molecule has 4 aromatic rings. The third kappa shape index (κ3) is 3.38. The monoisotopic (exact) mass is 362 g/mol. The molecule has 0 unspecified atom stereocenters. The fraction of sp³-hybridized carbons (Fsp3) is 0. The number of hydrogen-bond acceptors (Lipinski definition) is 2. The number of hydrogen-bond donors (Lipinski definition) is 3. The van der Waals surface area contributed by atoms with Crippen LogP contribution in [0.25, 0.3) is 22.0 Å². The van der Waals surface area contributed by atoms with Gasteiger partial charge in [0, 0.05) is 39.6 Å². The van der Waals surface area contributed by atoms with Gasteiger partial charge in [0.05, 0.1) is 11.9 Å². The molecule has 0 spiro atoms. The Balaban J connectivity index is 1.56. The first-order valence-electron chi connectivity index (χ1n) is 8.04. The molecule has 128 valence electrons. The molecule has 4 rings (SSSR count). The Labute approximate surface area is 155 Å². The second-order valence-corrected chi connectivity index (χ2v) is 6.23. The third-order valence-corrected chi connectivity index (χ3v) is 4.22. The van der Waals surface area contributed by atoms with Crippen LogP contribution in [-0.2, 0) is 0 Å². The van der Waals surface area contributed by atoms with Crippen LogP contribution in [0, 0.1) is 0 Å². The number of fused-ring (bicyclic) bond motifs is 1. The number of pyridine rings is 1. The van der Waals surface area contributed by atoms with Gasteiger partial charge >= 0.3 is 6.03 Å². The number of rotatable bonds is 3. The van der Waals surface area contributed by atoms with Gasteiger partial charge < -0.3 is 15.6 Å². The van der Waals surface area contributed by atoms with E-state index in [0.29, 0.717) is 16.4 Å². The predicted octanol–water partition coefficient (Wildman–Crippen LogP) is 5.53. The van der Waals surface area contributed by atoms with Gasteiger partial charge in [-0.3, -0.25) is 4.98 Å². The number of halogens is 1. The first-order chi connectivity index (χ1) is 12.7. The molecule has 0 aliphatic carbocycles. The van der Waals surface area contributed by atoms with Crippen LogP contribution in [-0.4, -0.2) is 16.0 Å². The second kappa shape index (κ2) is 6.90. The molecule has 2 heterocycles. The van der Waals surface area contributed by atoms with Gasteiger partial charge in [0.25, 0.3) is 0 Å². The van der Waals surface area contributed by atoms with E-state index in [9.17, 15) is 4.79 Å². The van der Waals surface area contributed by atoms with Crippen molar-refractivity contribution in [2.75, 3.05) is 10.6 Å². The van der Waals surface area contributed by atoms with Gasteiger partial charge in [-0.1, -0.05) is 29.8 Å². The topological polar surface area (TPSA) is 69.8 Å². The van der Waals surface area contributed by atoms with Gasteiger partial charge in [0.15, 0.2) is 0 Å². The van der Waals surface area contributed by atoms with Crippen LogP contribution in [0.1, 0.15) is 0 Å². The highest BCUT2D eigenvalue weighted by Crippen LogP contribution is 2.29. The number of carbonyl (C=O) groups is 1. The third-order valence-electron chi connectivity index (χ3n) is 3.98. The van der Waals surface area contributed by atoms with E-state index >= 15 is 0 Å². The number of urea groups is 1. The molecular formula is C20H15ClN4O. The molecule has 5 nitrogen and oxygen atoms in total. The molecule has 0 aliphatic heterocycles. The summed E-state index contributed by atoms with van der Waals surface area (Å²) in [4.78, 5) is 19.7. The van der Waals surface area contributed by atoms with Crippen molar-refractivity contribution < 1.29 is 4.79 Å². The number of amides is 2. The average molecular weight is 363 g/mol. The summed E-state index contributed by atoms with van der Waals surface area (Å²) in [6.07, 6.45) is 5.29. The Kier molecular flexibility index (Phi) is 4.29. The van der Waals surface area contributed by atoms with Crippen molar-refractivity contribution in [3.05, 3.63) is 78.2 Å². The zero-order valence-electron chi connectivity index (χ0n) is 13.7. The number of aromatic nitrogens is 2. The molecule has 0 bridgehead atoms. The van der Waals surface area contributed by atoms with Crippen molar-refractivity contribution in [2.45, 2.75) is 0 Å². The standard InChI is InChI=1S/C20H15ClN4O/c21-14-3-1-4-15(10-14)24-20(26)25-16-9-13(11-22-12-16)17-5-2-6-19-18(17)7-8-23-19/h1-12,23H,(H2,24,25,26). The molecule has 26 heavy (non-hydrogen) atoms. The molecule has 0 fully saturated rings. The highest BCUT2D eigenvalue weighted by molar-refractivity contribution is 6.30. The van der Waals surface area contributed by atoms with Gasteiger partial charge in [0.2, 0.25) is 0 Å². The highest BCUT2D eigenvalue weighted by atomic mass is 35.5. The SMILES string of the molecule is O=C(Nc1cccc(Cl)c1)Nc1cncc(-c2cccc3[nH]ccc23)c1. The quantitative estimate of drug-likeness (QED) is 0.448. The van der Waals surface area contributed by atoms with Gasteiger partial charge in [-0.25, -0.2) is 4.79 Å². The van der Waals surface area contributed by atoms with Crippen molar-refractivity contribution in [1.82, 2.24) is 9.97 Å². The minimum atomic E-state index is -0.355. The normalized spacial score (nSPS) is 10.7. The summed E-state index contributed by atoms with van der Waals surface area (Å²) < 4.78 is 0. The molecule has 0 saturated carbocycles. The number of H-pyrrole nitrogens is 1. The largest absolute Gasteiger partial charge is 0.361 e. The first kappa shape index (κ1) is 16.2. The van der Waals surface area contributed by atoms with E-state index in [0.717, 1.165) is 22.0 Å². The van der Waals surface area contributed by atoms with E-state index in [2.05, 4.69) is 20.6 Å². The van der Waals surface area contributed by atoms with E-state index in [-0.39, 0.29) is 6.03 Å². The molecule has 0 atom stereocenters. The zero-order chi connectivity index (χ0) is 17.9. The van der Waals surface area contributed by atoms with Gasteiger partial charge in [-0.05, 0) is 42.0 Å². The predicted molar refractivity (Wildman–Crippen MR) is 106 cm³/mol. The van der Waals surface area contributed by atoms with Crippen molar-refractivity contribution in [2.24, 2.45) is 0 Å². The van der Waals surface area contributed by atoms with E-state index in [1.54, 1.807) is 36.7 Å². The van der Waals surface area contributed by atoms with Gasteiger partial charge in [-0.2, -0.15) is 0 Å². The number of nitrogens with zero attached hydrogens (tertiary/aromatic N) is 1. The Morgan fingerprint density at radius 3 is 2.69 bits per heavy atom. The van der Waals surface area contributed by atoms with Crippen molar-refractivity contribution in [3.8, 4) is 11.1 Å². The zero-order valence-corrected chi connectivity index (χ0v) is 14.4. The number of aromatic amines is 1. The lowest BCUT2D eigenvalue weighted by molar-refractivity contribution is 0.262. The van der Waals surface area contributed by atoms with E-state index in [4.69, 9.17) is 11.6 Å². The maximum Gasteiger partial charge on any atom is 0.323 e. The summed E-state index contributed by atoms with van der Waals surface area (Å²) in [7, 11) is 0. The van der Waals surface area contributed by atoms with Crippen LogP contribution in [0.15, 0.2) is 73.2 Å². The Hall–Kier alpha value is -3.31. The molecule has 3 N–H and O–H groups in total. The van der Waals surface area contributed by atoms with E-state index < -0.39 is 0 Å². The lowest BCUT2D eigenvalue weighted by Crippen LogP contribution is -2.19. The fourth-order valence-corrected chi connectivity index (χ4v) is 3.04. The second-order valence-electron chi connectivity index (χ2n) is 5.80. The van der Waals surface area contributed by atoms with Gasteiger partial charge in [0.1, 0.15) is 0 Å². The summed E-state index contributed by atoms with van der Waals surface area (Å²) in [6, 6.07) is 16.6. The van der Waals surface area contributed by atoms with Crippen LogP contribution in [0.3, 0.4) is 0 Å². The van der Waals surface area contributed by atoms with Crippen LogP contribution >= 0.6 is 11.6 Å². The van der Waals surface area contributed by atoms with Crippen molar-refractivity contribution in [1.29, 1.82) is 0 Å². The molecule has 2 aromatic carbocycles. The molecule has 0 radical (unpaired) electrons. The minimum absolute atomic E-state index is 0.355. The lowest BCUT2D eigenvalue weighted by atomic mass is 10.0. The van der Waals surface area contributed by atoms with Gasteiger partial charge in [-0.15, -0.1) is 0 Å². The number of anilines is 2. The highest BCUT2D eigenvalue weighted by Gasteiger charge is 2.08. The molecule has 0 aliphatic rings. The van der Waals surface area contributed by atoms with Crippen molar-refractivity contribution >= 4 is 39.9 Å². The molecular weight excluding hydrogens is 348 g/mol. The number of carbonyl (C=O) groups excluding carboxylic acids is 1. The maximum absolute atomic E-state index is 12.2. The fourth-order valence-electron chi connectivity index (χ4n) is 2.85. The molecule has 0 saturated heterocycles. The number of benzene rings is 2. The minimum Gasteiger partial charge on any atom is -0.361 e. The summed E-state index contributed by atoms with van der Waals surface area (Å²) >= 11 is 5.93. The Bertz CT molecular complexity index is 1090. The molecule has 2 amide bonds. The Morgan fingerprint density at radius 1 is 0.962 bits per heavy atom. The van der Waals surface area contributed by atoms with Crippen LogP contribution < -0.4 is 10.6 Å². The summed E-state index contributed by atoms with van der Waals surface area (Å²) in [5.41, 5.74) is 4.26. The maximum atomic E-state index is 12.2. The smallest absolute Gasteiger partial charge is 0.323 e. The Morgan fingerprint density at radius 2 is 1.81 bits per heavy atom. The number of nitrogens with one attached hydrogen (secondary N) is 3. The summed E-state index contributed by atoms with van der Waals surface area (Å²) in [5, 5.41) is 7.21. The molecule has 6 heteroatoms.